The molecule has 2 aromatic rings. The predicted octanol–water partition coefficient (Wildman–Crippen LogP) is 0.825. The Kier molecular flexibility index (Phi) is 4.74. The van der Waals surface area contributed by atoms with Crippen LogP contribution in [-0.4, -0.2) is 39.7 Å². The van der Waals surface area contributed by atoms with Crippen molar-refractivity contribution in [2.75, 3.05) is 18.6 Å². The standard InChI is InChI=1S/C14H18N2O4S/c1-14(19,9-21-2)8-15-12(17)7-16-10-5-3-4-6-11(10)20-13(16)18/h3-6,19H,7-9H2,1-2H3,(H,15,17). The molecule has 0 aliphatic heterocycles. The zero-order valence-electron chi connectivity index (χ0n) is 12.0. The summed E-state index contributed by atoms with van der Waals surface area (Å²) in [7, 11) is 0. The highest BCUT2D eigenvalue weighted by Gasteiger charge is 2.21. The number of hydrogen-bond acceptors (Lipinski definition) is 5. The number of nitrogens with zero attached hydrogens (tertiary/aromatic N) is 1. The molecule has 2 rings (SSSR count). The number of nitrogens with one attached hydrogen (secondary N) is 1. The van der Waals surface area contributed by atoms with E-state index in [0.29, 0.717) is 16.9 Å². The zero-order chi connectivity index (χ0) is 15.5. The van der Waals surface area contributed by atoms with Gasteiger partial charge < -0.3 is 14.8 Å². The molecule has 1 amide bonds. The molecule has 1 atom stereocenters. The molecule has 0 bridgehead atoms. The van der Waals surface area contributed by atoms with Gasteiger partial charge in [0.25, 0.3) is 0 Å². The van der Waals surface area contributed by atoms with Crippen molar-refractivity contribution in [1.29, 1.82) is 0 Å². The Bertz CT molecular complexity index is 690. The van der Waals surface area contributed by atoms with E-state index in [1.807, 2.05) is 6.26 Å². The second-order valence-electron chi connectivity index (χ2n) is 5.13. The number of para-hydroxylation sites is 2. The number of carbonyl (C=O) groups excluding carboxylic acids is 1. The highest BCUT2D eigenvalue weighted by Crippen LogP contribution is 2.12. The van der Waals surface area contributed by atoms with E-state index in [1.165, 1.54) is 16.3 Å². The normalized spacial score (nSPS) is 14.0. The van der Waals surface area contributed by atoms with Crippen molar-refractivity contribution in [3.05, 3.63) is 34.8 Å². The predicted molar refractivity (Wildman–Crippen MR) is 82.5 cm³/mol. The summed E-state index contributed by atoms with van der Waals surface area (Å²) >= 11 is 1.50. The molecule has 1 unspecified atom stereocenters. The van der Waals surface area contributed by atoms with Gasteiger partial charge in [0, 0.05) is 12.3 Å². The molecule has 0 aliphatic rings. The summed E-state index contributed by atoms with van der Waals surface area (Å²) in [5.41, 5.74) is 0.0524. The average molecular weight is 310 g/mol. The van der Waals surface area contributed by atoms with E-state index in [-0.39, 0.29) is 19.0 Å². The lowest BCUT2D eigenvalue weighted by molar-refractivity contribution is -0.122. The molecule has 0 saturated carbocycles. The van der Waals surface area contributed by atoms with E-state index in [2.05, 4.69) is 5.32 Å². The summed E-state index contributed by atoms with van der Waals surface area (Å²) in [4.78, 5) is 23.7. The largest absolute Gasteiger partial charge is 0.420 e. The molecule has 0 aliphatic carbocycles. The number of rotatable bonds is 6. The van der Waals surface area contributed by atoms with E-state index in [0.717, 1.165) is 0 Å². The summed E-state index contributed by atoms with van der Waals surface area (Å²) in [5, 5.41) is 12.6. The molecule has 2 N–H and O–H groups in total. The van der Waals surface area contributed by atoms with Crippen LogP contribution in [0, 0.1) is 0 Å². The van der Waals surface area contributed by atoms with Gasteiger partial charge in [-0.1, -0.05) is 12.1 Å². The maximum Gasteiger partial charge on any atom is 0.420 e. The van der Waals surface area contributed by atoms with Gasteiger partial charge in [-0.15, -0.1) is 0 Å². The molecule has 0 fully saturated rings. The number of carbonyl (C=O) groups is 1. The quantitative estimate of drug-likeness (QED) is 0.825. The van der Waals surface area contributed by atoms with E-state index in [9.17, 15) is 14.7 Å². The summed E-state index contributed by atoms with van der Waals surface area (Å²) < 4.78 is 6.33. The number of benzene rings is 1. The Morgan fingerprint density at radius 3 is 2.90 bits per heavy atom. The van der Waals surface area contributed by atoms with Gasteiger partial charge in [0.2, 0.25) is 5.91 Å². The van der Waals surface area contributed by atoms with Crippen LogP contribution in [0.15, 0.2) is 33.5 Å². The lowest BCUT2D eigenvalue weighted by Gasteiger charge is -2.22. The number of thioether (sulfide) groups is 1. The SMILES string of the molecule is CSCC(C)(O)CNC(=O)Cn1c(=O)oc2ccccc21. The smallest absolute Gasteiger partial charge is 0.408 e. The Hall–Kier alpha value is -1.73. The molecule has 1 aromatic carbocycles. The summed E-state index contributed by atoms with van der Waals surface area (Å²) in [6.07, 6.45) is 1.88. The molecule has 7 heteroatoms. The van der Waals surface area contributed by atoms with Crippen LogP contribution in [0.1, 0.15) is 6.92 Å². The number of aliphatic hydroxyl groups is 1. The fourth-order valence-corrected chi connectivity index (χ4v) is 2.74. The third-order valence-corrected chi connectivity index (χ3v) is 3.91. The fraction of sp³-hybridized carbons (Fsp3) is 0.429. The molecule has 1 heterocycles. The first kappa shape index (κ1) is 15.7. The molecule has 0 radical (unpaired) electrons. The first-order valence-electron chi connectivity index (χ1n) is 6.49. The van der Waals surface area contributed by atoms with Crippen molar-refractivity contribution >= 4 is 28.8 Å². The van der Waals surface area contributed by atoms with Gasteiger partial charge >= 0.3 is 5.76 Å². The van der Waals surface area contributed by atoms with Gasteiger partial charge in [-0.05, 0) is 25.3 Å². The average Bonchev–Trinajstić information content (AvgIpc) is 2.73. The van der Waals surface area contributed by atoms with E-state index in [1.54, 1.807) is 31.2 Å². The molecular weight excluding hydrogens is 292 g/mol. The monoisotopic (exact) mass is 310 g/mol. The third-order valence-electron chi connectivity index (χ3n) is 3.00. The highest BCUT2D eigenvalue weighted by molar-refractivity contribution is 7.98. The maximum absolute atomic E-state index is 11.9. The third kappa shape index (κ3) is 3.89. The van der Waals surface area contributed by atoms with Crippen LogP contribution in [0.4, 0.5) is 0 Å². The number of fused-ring (bicyclic) bond motifs is 1. The molecule has 0 spiro atoms. The Balaban J connectivity index is 2.05. The van der Waals surface area contributed by atoms with Crippen molar-refractivity contribution in [1.82, 2.24) is 9.88 Å². The minimum absolute atomic E-state index is 0.134. The second-order valence-corrected chi connectivity index (χ2v) is 5.99. The minimum atomic E-state index is -0.974. The van der Waals surface area contributed by atoms with Gasteiger partial charge in [0.1, 0.15) is 6.54 Å². The topological polar surface area (TPSA) is 84.5 Å². The minimum Gasteiger partial charge on any atom is -0.408 e. The highest BCUT2D eigenvalue weighted by atomic mass is 32.2. The Labute approximate surface area is 126 Å². The van der Waals surface area contributed by atoms with Crippen LogP contribution >= 0.6 is 11.8 Å². The summed E-state index contributed by atoms with van der Waals surface area (Å²) in [5.74, 6) is -0.394. The van der Waals surface area contributed by atoms with E-state index < -0.39 is 11.4 Å². The fourth-order valence-electron chi connectivity index (χ4n) is 2.01. The van der Waals surface area contributed by atoms with Crippen molar-refractivity contribution in [3.63, 3.8) is 0 Å². The van der Waals surface area contributed by atoms with Crippen LogP contribution in [0.5, 0.6) is 0 Å². The van der Waals surface area contributed by atoms with E-state index >= 15 is 0 Å². The lowest BCUT2D eigenvalue weighted by Crippen LogP contribution is -2.43. The van der Waals surface area contributed by atoms with Crippen molar-refractivity contribution in [2.45, 2.75) is 19.1 Å². The molecule has 21 heavy (non-hydrogen) atoms. The van der Waals surface area contributed by atoms with E-state index in [4.69, 9.17) is 4.42 Å². The Morgan fingerprint density at radius 2 is 2.19 bits per heavy atom. The summed E-state index contributed by atoms with van der Waals surface area (Å²) in [6.45, 7) is 1.66. The maximum atomic E-state index is 11.9. The van der Waals surface area contributed by atoms with Gasteiger partial charge in [0.15, 0.2) is 5.58 Å². The van der Waals surface area contributed by atoms with Crippen molar-refractivity contribution in [3.8, 4) is 0 Å². The number of amides is 1. The van der Waals surface area contributed by atoms with Crippen LogP contribution in [0.25, 0.3) is 11.1 Å². The lowest BCUT2D eigenvalue weighted by atomic mass is 10.1. The molecule has 0 saturated heterocycles. The van der Waals surface area contributed by atoms with Gasteiger partial charge in [-0.25, -0.2) is 4.79 Å². The number of hydrogen-bond donors (Lipinski definition) is 2. The second kappa shape index (κ2) is 6.36. The summed E-state index contributed by atoms with van der Waals surface area (Å²) in [6, 6.07) is 6.93. The molecule has 1 aromatic heterocycles. The van der Waals surface area contributed by atoms with Crippen LogP contribution in [0.3, 0.4) is 0 Å². The number of oxazole rings is 1. The van der Waals surface area contributed by atoms with Gasteiger partial charge in [-0.3, -0.25) is 9.36 Å². The van der Waals surface area contributed by atoms with Crippen LogP contribution in [0.2, 0.25) is 0 Å². The first-order valence-corrected chi connectivity index (χ1v) is 7.89. The molecule has 114 valence electrons. The Morgan fingerprint density at radius 1 is 1.48 bits per heavy atom. The van der Waals surface area contributed by atoms with Gasteiger partial charge in [-0.2, -0.15) is 11.8 Å². The van der Waals surface area contributed by atoms with Crippen LogP contribution in [-0.2, 0) is 11.3 Å². The van der Waals surface area contributed by atoms with Gasteiger partial charge in [0.05, 0.1) is 11.1 Å². The van der Waals surface area contributed by atoms with Crippen LogP contribution < -0.4 is 11.1 Å². The molecular formula is C14H18N2O4S. The molecule has 6 nitrogen and oxygen atoms in total. The first-order chi connectivity index (χ1) is 9.93. The zero-order valence-corrected chi connectivity index (χ0v) is 12.8. The number of aromatic nitrogens is 1. The van der Waals surface area contributed by atoms with Crippen molar-refractivity contribution in [2.24, 2.45) is 0 Å². The van der Waals surface area contributed by atoms with Crippen molar-refractivity contribution < 1.29 is 14.3 Å².